The molecule has 0 saturated heterocycles. The molecule has 4 N–H and O–H groups in total. The van der Waals surface area contributed by atoms with Gasteiger partial charge in [-0.1, -0.05) is 56.3 Å². The molecule has 35 heavy (non-hydrogen) atoms. The number of nitrogens with one attached hydrogen (secondary N) is 2. The third kappa shape index (κ3) is 4.29. The molecule has 2 aromatic heterocycles. The first-order valence-corrected chi connectivity index (χ1v) is 11.2. The molecule has 8 heteroatoms. The maximum Gasteiger partial charge on any atom is 0.323 e. The van der Waals surface area contributed by atoms with Crippen molar-refractivity contribution < 1.29 is 9.59 Å². The Kier molecular flexibility index (Phi) is 5.62. The Labute approximate surface area is 201 Å². The first-order valence-electron chi connectivity index (χ1n) is 11.2. The number of ketones is 1. The summed E-state index contributed by atoms with van der Waals surface area (Å²) in [5.74, 6) is 0.138. The molecule has 0 radical (unpaired) electrons. The van der Waals surface area contributed by atoms with E-state index in [9.17, 15) is 9.59 Å². The lowest BCUT2D eigenvalue weighted by atomic mass is 10.0. The van der Waals surface area contributed by atoms with Crippen LogP contribution in [0.25, 0.3) is 16.3 Å². The smallest absolute Gasteiger partial charge is 0.323 e. The fraction of sp³-hybridized carbons (Fsp3) is 0.111. The SMILES string of the molecule is CC(C)c1cc(C(=O)c2cccc(NC(=O)Nc3ccc4ccccc4c3)c2)c2c(N)ncnn12. The van der Waals surface area contributed by atoms with E-state index in [2.05, 4.69) is 20.7 Å². The summed E-state index contributed by atoms with van der Waals surface area (Å²) in [4.78, 5) is 30.1. The van der Waals surface area contributed by atoms with E-state index in [4.69, 9.17) is 5.73 Å². The first-order chi connectivity index (χ1) is 16.9. The first kappa shape index (κ1) is 22.1. The highest BCUT2D eigenvalue weighted by atomic mass is 16.2. The molecule has 174 valence electrons. The lowest BCUT2D eigenvalue weighted by Gasteiger charge is -2.10. The van der Waals surface area contributed by atoms with Crippen LogP contribution in [0.1, 0.15) is 41.4 Å². The van der Waals surface area contributed by atoms with Crippen LogP contribution in [0.3, 0.4) is 0 Å². The van der Waals surface area contributed by atoms with Gasteiger partial charge in [-0.3, -0.25) is 4.79 Å². The molecule has 2 amide bonds. The molecule has 0 unspecified atom stereocenters. The molecule has 5 aromatic rings. The molecule has 0 aliphatic rings. The molecular formula is C27H24N6O2. The summed E-state index contributed by atoms with van der Waals surface area (Å²) >= 11 is 0. The van der Waals surface area contributed by atoms with Crippen molar-refractivity contribution in [3.05, 3.63) is 95.9 Å². The Morgan fingerprint density at radius 2 is 1.63 bits per heavy atom. The summed E-state index contributed by atoms with van der Waals surface area (Å²) in [6.45, 7) is 4.04. The van der Waals surface area contributed by atoms with Crippen LogP contribution in [0.2, 0.25) is 0 Å². The van der Waals surface area contributed by atoms with Gasteiger partial charge in [0.25, 0.3) is 0 Å². The van der Waals surface area contributed by atoms with E-state index in [1.165, 1.54) is 6.33 Å². The summed E-state index contributed by atoms with van der Waals surface area (Å²) in [6.07, 6.45) is 1.38. The Hall–Kier alpha value is -4.72. The van der Waals surface area contributed by atoms with Crippen molar-refractivity contribution in [3.8, 4) is 0 Å². The number of aromatic nitrogens is 3. The quantitative estimate of drug-likeness (QED) is 0.299. The molecule has 0 atom stereocenters. The third-order valence-corrected chi connectivity index (χ3v) is 5.84. The van der Waals surface area contributed by atoms with Gasteiger partial charge in [-0.2, -0.15) is 5.10 Å². The molecule has 0 bridgehead atoms. The molecule has 0 saturated carbocycles. The van der Waals surface area contributed by atoms with Crippen molar-refractivity contribution in [1.29, 1.82) is 0 Å². The van der Waals surface area contributed by atoms with Gasteiger partial charge >= 0.3 is 6.03 Å². The lowest BCUT2D eigenvalue weighted by molar-refractivity contribution is 0.104. The number of hydrogen-bond donors (Lipinski definition) is 3. The van der Waals surface area contributed by atoms with Gasteiger partial charge in [0.15, 0.2) is 11.6 Å². The average Bonchev–Trinajstić information content (AvgIpc) is 3.25. The van der Waals surface area contributed by atoms with Crippen molar-refractivity contribution in [2.45, 2.75) is 19.8 Å². The van der Waals surface area contributed by atoms with Crippen LogP contribution in [0.4, 0.5) is 22.0 Å². The highest BCUT2D eigenvalue weighted by Gasteiger charge is 2.22. The standard InChI is InChI=1S/C27H24N6O2/c1-16(2)23-14-22(24-26(28)29-15-30-33(23)24)25(34)19-8-5-9-20(13-19)31-27(35)32-21-11-10-17-6-3-4-7-18(17)12-21/h3-16H,1-2H3,(H2,28,29,30)(H2,31,32,35). The van der Waals surface area contributed by atoms with Crippen LogP contribution in [0.15, 0.2) is 79.1 Å². The Morgan fingerprint density at radius 1 is 0.886 bits per heavy atom. The normalized spacial score (nSPS) is 11.2. The highest BCUT2D eigenvalue weighted by molar-refractivity contribution is 6.15. The number of anilines is 3. The molecule has 0 spiro atoms. The van der Waals surface area contributed by atoms with Gasteiger partial charge in [0, 0.05) is 22.6 Å². The van der Waals surface area contributed by atoms with Crippen molar-refractivity contribution in [1.82, 2.24) is 14.6 Å². The fourth-order valence-corrected chi connectivity index (χ4v) is 4.13. The minimum atomic E-state index is -0.404. The van der Waals surface area contributed by atoms with E-state index in [1.807, 2.05) is 56.3 Å². The van der Waals surface area contributed by atoms with Crippen molar-refractivity contribution >= 4 is 45.3 Å². The van der Waals surface area contributed by atoms with Crippen LogP contribution in [-0.4, -0.2) is 26.4 Å². The zero-order valence-electron chi connectivity index (χ0n) is 19.3. The molecule has 0 aliphatic carbocycles. The highest BCUT2D eigenvalue weighted by Crippen LogP contribution is 2.27. The number of benzene rings is 3. The van der Waals surface area contributed by atoms with Gasteiger partial charge in [0.2, 0.25) is 0 Å². The van der Waals surface area contributed by atoms with Gasteiger partial charge in [-0.05, 0) is 47.0 Å². The number of rotatable bonds is 5. The Morgan fingerprint density at radius 3 is 2.40 bits per heavy atom. The van der Waals surface area contributed by atoms with E-state index < -0.39 is 6.03 Å². The predicted octanol–water partition coefficient (Wildman–Crippen LogP) is 5.46. The number of carbonyl (C=O) groups is 2. The number of hydrogen-bond acceptors (Lipinski definition) is 5. The minimum absolute atomic E-state index is 0.130. The molecule has 3 aromatic carbocycles. The van der Waals surface area contributed by atoms with Crippen LogP contribution in [-0.2, 0) is 0 Å². The lowest BCUT2D eigenvalue weighted by Crippen LogP contribution is -2.19. The largest absolute Gasteiger partial charge is 0.382 e. The van der Waals surface area contributed by atoms with E-state index in [0.717, 1.165) is 16.5 Å². The zero-order valence-corrected chi connectivity index (χ0v) is 19.3. The van der Waals surface area contributed by atoms with Crippen LogP contribution >= 0.6 is 0 Å². The van der Waals surface area contributed by atoms with E-state index >= 15 is 0 Å². The number of nitrogens with two attached hydrogens (primary N) is 1. The van der Waals surface area contributed by atoms with Gasteiger partial charge in [-0.25, -0.2) is 14.3 Å². The minimum Gasteiger partial charge on any atom is -0.382 e. The summed E-state index contributed by atoms with van der Waals surface area (Å²) in [5.41, 5.74) is 9.44. The van der Waals surface area contributed by atoms with Crippen molar-refractivity contribution in [2.24, 2.45) is 0 Å². The molecular weight excluding hydrogens is 440 g/mol. The fourth-order valence-electron chi connectivity index (χ4n) is 4.13. The summed E-state index contributed by atoms with van der Waals surface area (Å²) < 4.78 is 1.67. The number of amides is 2. The number of nitrogens with zero attached hydrogens (tertiary/aromatic N) is 3. The number of carbonyl (C=O) groups excluding carboxylic acids is 2. The van der Waals surface area contributed by atoms with E-state index in [0.29, 0.717) is 28.0 Å². The molecule has 8 nitrogen and oxygen atoms in total. The van der Waals surface area contributed by atoms with Gasteiger partial charge in [0.05, 0.1) is 5.56 Å². The second-order valence-corrected chi connectivity index (χ2v) is 8.59. The molecule has 2 heterocycles. The maximum absolute atomic E-state index is 13.4. The average molecular weight is 465 g/mol. The third-order valence-electron chi connectivity index (χ3n) is 5.84. The molecule has 5 rings (SSSR count). The number of fused-ring (bicyclic) bond motifs is 2. The maximum atomic E-state index is 13.4. The summed E-state index contributed by atoms with van der Waals surface area (Å²) in [7, 11) is 0. The van der Waals surface area contributed by atoms with Gasteiger partial charge < -0.3 is 16.4 Å². The molecule has 0 aliphatic heterocycles. The number of urea groups is 1. The number of nitrogen functional groups attached to an aromatic ring is 1. The van der Waals surface area contributed by atoms with Crippen molar-refractivity contribution in [2.75, 3.05) is 16.4 Å². The van der Waals surface area contributed by atoms with Gasteiger partial charge in [0.1, 0.15) is 11.8 Å². The van der Waals surface area contributed by atoms with Crippen LogP contribution < -0.4 is 16.4 Å². The molecule has 0 fully saturated rings. The second kappa shape index (κ2) is 8.90. The predicted molar refractivity (Wildman–Crippen MR) is 138 cm³/mol. The van der Waals surface area contributed by atoms with Crippen LogP contribution in [0.5, 0.6) is 0 Å². The van der Waals surface area contributed by atoms with Crippen LogP contribution in [0, 0.1) is 0 Å². The van der Waals surface area contributed by atoms with Gasteiger partial charge in [-0.15, -0.1) is 0 Å². The summed E-state index contributed by atoms with van der Waals surface area (Å²) in [5, 5.41) is 12.0. The second-order valence-electron chi connectivity index (χ2n) is 8.59. The summed E-state index contributed by atoms with van der Waals surface area (Å²) in [6, 6.07) is 21.8. The zero-order chi connectivity index (χ0) is 24.5. The Bertz CT molecular complexity index is 1590. The topological polar surface area (TPSA) is 114 Å². The van der Waals surface area contributed by atoms with E-state index in [1.54, 1.807) is 34.8 Å². The monoisotopic (exact) mass is 464 g/mol. The van der Waals surface area contributed by atoms with Crippen molar-refractivity contribution in [3.63, 3.8) is 0 Å². The Balaban J connectivity index is 1.39. The van der Waals surface area contributed by atoms with E-state index in [-0.39, 0.29) is 17.5 Å².